The van der Waals surface area contributed by atoms with Crippen LogP contribution in [0.15, 0.2) is 121 Å². The average molecular weight is 539 g/mol. The molecule has 0 radical (unpaired) electrons. The molecule has 41 heavy (non-hydrogen) atoms. The van der Waals surface area contributed by atoms with Crippen LogP contribution in [0.2, 0.25) is 0 Å². The summed E-state index contributed by atoms with van der Waals surface area (Å²) in [7, 11) is 0. The molecule has 0 spiro atoms. The fourth-order valence-corrected chi connectivity index (χ4v) is 6.50. The molecule has 7 rings (SSSR count). The number of aliphatic hydroxyl groups is 2. The smallest absolute Gasteiger partial charge is 0.119 e. The van der Waals surface area contributed by atoms with Crippen LogP contribution in [0.25, 0.3) is 33.2 Å². The number of aliphatic hydroxyl groups excluding tert-OH is 2. The molecule has 4 nitrogen and oxygen atoms in total. The zero-order chi connectivity index (χ0) is 27.8. The van der Waals surface area contributed by atoms with Crippen molar-refractivity contribution < 1.29 is 19.7 Å². The third-order valence-corrected chi connectivity index (χ3v) is 8.17. The lowest BCUT2D eigenvalue weighted by Gasteiger charge is -2.37. The summed E-state index contributed by atoms with van der Waals surface area (Å²) in [5, 5.41) is 26.0. The third-order valence-electron chi connectivity index (χ3n) is 8.17. The van der Waals surface area contributed by atoms with E-state index < -0.39 is 5.41 Å². The summed E-state index contributed by atoms with van der Waals surface area (Å²) in [6, 6.07) is 33.8. The van der Waals surface area contributed by atoms with Gasteiger partial charge in [0.25, 0.3) is 0 Å². The van der Waals surface area contributed by atoms with Crippen molar-refractivity contribution in [3.8, 4) is 11.5 Å². The predicted octanol–water partition coefficient (Wildman–Crippen LogP) is 5.16. The number of benzene rings is 5. The Morgan fingerprint density at radius 1 is 0.585 bits per heavy atom. The van der Waals surface area contributed by atoms with Crippen LogP contribution in [0.3, 0.4) is 0 Å². The number of fused-ring (bicyclic) bond motifs is 7. The second kappa shape index (κ2) is 10.4. The maximum atomic E-state index is 9.24. The van der Waals surface area contributed by atoms with Gasteiger partial charge in [-0.3, -0.25) is 0 Å². The van der Waals surface area contributed by atoms with Crippen LogP contribution in [0.1, 0.15) is 11.1 Å². The van der Waals surface area contributed by atoms with Crippen molar-refractivity contribution in [2.45, 2.75) is 5.41 Å². The Balaban J connectivity index is 1.57. The number of rotatable bonds is 8. The van der Waals surface area contributed by atoms with E-state index in [1.165, 1.54) is 43.1 Å². The van der Waals surface area contributed by atoms with Gasteiger partial charge < -0.3 is 19.7 Å². The molecule has 0 amide bonds. The van der Waals surface area contributed by atoms with Crippen LogP contribution < -0.4 is 19.9 Å². The first-order chi connectivity index (χ1) is 20.2. The number of hydrogen-bond donors (Lipinski definition) is 2. The van der Waals surface area contributed by atoms with Gasteiger partial charge in [0.05, 0.1) is 18.6 Å². The fourth-order valence-electron chi connectivity index (χ4n) is 6.50. The Labute approximate surface area is 238 Å². The first kappa shape index (κ1) is 25.3. The van der Waals surface area contributed by atoms with Crippen molar-refractivity contribution in [1.29, 1.82) is 0 Å². The standard InChI is InChI=1S/C37H30O4/c38-20-22-40-28-15-11-26(12-16-28)37(27-13-17-29(18-14-27)41-23-21-39)19-5-6-25-24-34-32-9-2-1-7-30(32)31-8-3-4-10-33(31)35(34)36(25)37/h1-19,24,38-39H,20-23H2. The van der Waals surface area contributed by atoms with Crippen molar-refractivity contribution in [1.82, 2.24) is 0 Å². The van der Waals surface area contributed by atoms with Gasteiger partial charge in [-0.05, 0) is 84.6 Å². The molecule has 2 aliphatic rings. The van der Waals surface area contributed by atoms with Crippen LogP contribution >= 0.6 is 0 Å². The maximum absolute atomic E-state index is 9.24. The molecule has 5 aromatic carbocycles. The fraction of sp³-hybridized carbons (Fsp3) is 0.135. The van der Waals surface area contributed by atoms with Gasteiger partial charge in [0, 0.05) is 0 Å². The van der Waals surface area contributed by atoms with Crippen molar-refractivity contribution in [3.63, 3.8) is 0 Å². The van der Waals surface area contributed by atoms with E-state index in [2.05, 4.69) is 97.1 Å². The van der Waals surface area contributed by atoms with Crippen LogP contribution in [-0.2, 0) is 5.41 Å². The summed E-state index contributed by atoms with van der Waals surface area (Å²) in [6.45, 7) is 0.453. The van der Waals surface area contributed by atoms with E-state index in [1.54, 1.807) is 0 Å². The number of hydrogen-bond acceptors (Lipinski definition) is 4. The van der Waals surface area contributed by atoms with Gasteiger partial charge in [0.1, 0.15) is 24.7 Å². The van der Waals surface area contributed by atoms with E-state index in [9.17, 15) is 10.2 Å². The van der Waals surface area contributed by atoms with E-state index >= 15 is 0 Å². The Morgan fingerprint density at radius 2 is 1.10 bits per heavy atom. The summed E-state index contributed by atoms with van der Waals surface area (Å²) in [4.78, 5) is 0. The molecule has 0 unspecified atom stereocenters. The second-order valence-corrected chi connectivity index (χ2v) is 10.4. The normalized spacial score (nSPS) is 14.9. The lowest BCUT2D eigenvalue weighted by atomic mass is 9.65. The molecule has 0 fully saturated rings. The average Bonchev–Trinajstić information content (AvgIpc) is 3.44. The molecule has 2 N–H and O–H groups in total. The third kappa shape index (κ3) is 4.07. The van der Waals surface area contributed by atoms with E-state index in [1.807, 2.05) is 24.3 Å². The Kier molecular flexibility index (Phi) is 6.43. The van der Waals surface area contributed by atoms with Crippen LogP contribution in [-0.4, -0.2) is 36.6 Å². The highest BCUT2D eigenvalue weighted by Gasteiger charge is 2.41. The monoisotopic (exact) mass is 538 g/mol. The molecular weight excluding hydrogens is 508 g/mol. The van der Waals surface area contributed by atoms with Crippen molar-refractivity contribution in [2.24, 2.45) is 0 Å². The second-order valence-electron chi connectivity index (χ2n) is 10.4. The van der Waals surface area contributed by atoms with Gasteiger partial charge in [0.2, 0.25) is 0 Å². The molecule has 4 heteroatoms. The predicted molar refractivity (Wildman–Crippen MR) is 165 cm³/mol. The van der Waals surface area contributed by atoms with Crippen LogP contribution in [0.5, 0.6) is 11.5 Å². The molecule has 0 bridgehead atoms. The molecule has 0 saturated heterocycles. The summed E-state index contributed by atoms with van der Waals surface area (Å²) in [5.74, 6) is 1.45. The largest absolute Gasteiger partial charge is 0.491 e. The van der Waals surface area contributed by atoms with Gasteiger partial charge >= 0.3 is 0 Å². The van der Waals surface area contributed by atoms with E-state index in [4.69, 9.17) is 9.47 Å². The maximum Gasteiger partial charge on any atom is 0.119 e. The minimum Gasteiger partial charge on any atom is -0.491 e. The Bertz CT molecular complexity index is 1900. The summed E-state index contributed by atoms with van der Waals surface area (Å²) in [5.41, 5.74) is 4.11. The molecule has 0 heterocycles. The Morgan fingerprint density at radius 3 is 1.66 bits per heavy atom. The molecule has 0 saturated carbocycles. The van der Waals surface area contributed by atoms with Gasteiger partial charge in [-0.15, -0.1) is 0 Å². The first-order valence-corrected chi connectivity index (χ1v) is 14.0. The number of allylic oxidation sites excluding steroid dienone is 4. The molecule has 0 atom stereocenters. The van der Waals surface area contributed by atoms with Gasteiger partial charge in [-0.25, -0.2) is 0 Å². The van der Waals surface area contributed by atoms with Crippen molar-refractivity contribution >= 4 is 33.2 Å². The quantitative estimate of drug-likeness (QED) is 0.268. The van der Waals surface area contributed by atoms with Crippen molar-refractivity contribution in [3.05, 3.63) is 142 Å². The minimum atomic E-state index is -0.581. The summed E-state index contributed by atoms with van der Waals surface area (Å²) >= 11 is 0. The van der Waals surface area contributed by atoms with Gasteiger partial charge in [-0.1, -0.05) is 91.0 Å². The Hall–Kier alpha value is -4.64. The first-order valence-electron chi connectivity index (χ1n) is 14.0. The van der Waals surface area contributed by atoms with Crippen molar-refractivity contribution in [2.75, 3.05) is 26.4 Å². The van der Waals surface area contributed by atoms with E-state index in [0.717, 1.165) is 22.6 Å². The minimum absolute atomic E-state index is 0.0289. The van der Waals surface area contributed by atoms with E-state index in [-0.39, 0.29) is 26.4 Å². The molecule has 202 valence electrons. The SMILES string of the molecule is OCCOc1ccc(C2(c3ccc(OCCO)cc3)C=CC=C3C=c4c(c5ccccc5c5ccccc45)=C32)cc1. The highest BCUT2D eigenvalue weighted by molar-refractivity contribution is 6.12. The molecule has 0 aromatic heterocycles. The van der Waals surface area contributed by atoms with Gasteiger partial charge in [-0.2, -0.15) is 0 Å². The zero-order valence-electron chi connectivity index (χ0n) is 22.6. The van der Waals surface area contributed by atoms with E-state index in [0.29, 0.717) is 0 Å². The lowest BCUT2D eigenvalue weighted by Crippen LogP contribution is -2.35. The lowest BCUT2D eigenvalue weighted by molar-refractivity contribution is 0.201. The number of ether oxygens (including phenoxy) is 2. The topological polar surface area (TPSA) is 58.9 Å². The van der Waals surface area contributed by atoms with Crippen LogP contribution in [0.4, 0.5) is 0 Å². The molecule has 2 aliphatic carbocycles. The highest BCUT2D eigenvalue weighted by Crippen LogP contribution is 2.48. The van der Waals surface area contributed by atoms with Gasteiger partial charge in [0.15, 0.2) is 0 Å². The van der Waals surface area contributed by atoms with Crippen LogP contribution in [0, 0.1) is 0 Å². The molecular formula is C37H30O4. The zero-order valence-corrected chi connectivity index (χ0v) is 22.6. The molecule has 5 aromatic rings. The summed E-state index contributed by atoms with van der Waals surface area (Å²) < 4.78 is 11.4. The summed E-state index contributed by atoms with van der Waals surface area (Å²) in [6.07, 6.45) is 9.02. The molecule has 0 aliphatic heterocycles. The highest BCUT2D eigenvalue weighted by atomic mass is 16.5.